The van der Waals surface area contributed by atoms with E-state index in [1.54, 1.807) is 0 Å². The molecule has 0 bridgehead atoms. The molecule has 7 heteroatoms. The van der Waals surface area contributed by atoms with Crippen LogP contribution in [-0.2, 0) is 4.79 Å². The minimum atomic E-state index is -1.35. The van der Waals surface area contributed by atoms with Gasteiger partial charge in [-0.15, -0.1) is 0 Å². The summed E-state index contributed by atoms with van der Waals surface area (Å²) in [5, 5.41) is 25.7. The molecule has 0 amide bonds. The van der Waals surface area contributed by atoms with Gasteiger partial charge in [0.25, 0.3) is 0 Å². The van der Waals surface area contributed by atoms with Crippen LogP contribution in [0.25, 0.3) is 0 Å². The summed E-state index contributed by atoms with van der Waals surface area (Å²) < 4.78 is 0. The van der Waals surface area contributed by atoms with Gasteiger partial charge in [-0.1, -0.05) is 6.42 Å². The van der Waals surface area contributed by atoms with Crippen LogP contribution < -0.4 is 11.5 Å². The Balaban J connectivity index is 3.84. The first-order valence-electron chi connectivity index (χ1n) is 4.53. The average Bonchev–Trinajstić information content (AvgIpc) is 2.10. The highest BCUT2D eigenvalue weighted by molar-refractivity contribution is 6.40. The van der Waals surface area contributed by atoms with E-state index in [4.69, 9.17) is 26.6 Å². The number of hydrogen-bond donors (Lipinski definition) is 5. The summed E-state index contributed by atoms with van der Waals surface area (Å²) >= 11 is 0. The predicted molar refractivity (Wildman–Crippen MR) is 52.4 cm³/mol. The molecule has 0 spiro atoms. The summed E-state index contributed by atoms with van der Waals surface area (Å²) in [6.45, 7) is 0.189. The third-order valence-corrected chi connectivity index (χ3v) is 2.13. The molecule has 0 aromatic heterocycles. The smallest absolute Gasteiger partial charge is 0.451 e. The Morgan fingerprint density at radius 3 is 2.36 bits per heavy atom. The Kier molecular flexibility index (Phi) is 6.47. The highest BCUT2D eigenvalue weighted by atomic mass is 16.4. The summed E-state index contributed by atoms with van der Waals surface area (Å²) in [7, 11) is -1.35. The number of hydrogen-bond acceptors (Lipinski definition) is 5. The van der Waals surface area contributed by atoms with Gasteiger partial charge in [0.05, 0.1) is 0 Å². The molecule has 0 aromatic carbocycles. The second-order valence-electron chi connectivity index (χ2n) is 3.27. The second kappa shape index (κ2) is 6.77. The first-order valence-corrected chi connectivity index (χ1v) is 4.53. The summed E-state index contributed by atoms with van der Waals surface area (Å²) in [6.07, 6.45) is 1.20. The Hall–Kier alpha value is -0.625. The summed E-state index contributed by atoms with van der Waals surface area (Å²) in [6, 6.07) is -0.976. The van der Waals surface area contributed by atoms with Gasteiger partial charge in [0.2, 0.25) is 0 Å². The van der Waals surface area contributed by atoms with Crippen molar-refractivity contribution in [1.29, 1.82) is 0 Å². The third-order valence-electron chi connectivity index (χ3n) is 2.13. The van der Waals surface area contributed by atoms with Crippen molar-refractivity contribution in [1.82, 2.24) is 0 Å². The Morgan fingerprint density at radius 1 is 1.43 bits per heavy atom. The molecule has 0 aliphatic carbocycles. The van der Waals surface area contributed by atoms with Crippen molar-refractivity contribution >= 4 is 13.1 Å². The maximum Gasteiger partial charge on any atom is 0.451 e. The van der Waals surface area contributed by atoms with Crippen molar-refractivity contribution in [2.45, 2.75) is 25.2 Å². The number of carboxylic acid groups (broad SMARTS) is 1. The van der Waals surface area contributed by atoms with E-state index >= 15 is 0 Å². The van der Waals surface area contributed by atoms with Gasteiger partial charge in [0, 0.05) is 0 Å². The van der Waals surface area contributed by atoms with Crippen LogP contribution in [0, 0.1) is 5.92 Å². The zero-order valence-electron chi connectivity index (χ0n) is 7.97. The van der Waals surface area contributed by atoms with Crippen molar-refractivity contribution < 1.29 is 19.9 Å². The van der Waals surface area contributed by atoms with Gasteiger partial charge in [-0.2, -0.15) is 0 Å². The molecule has 2 atom stereocenters. The molecule has 0 saturated heterocycles. The molecule has 0 heterocycles. The summed E-state index contributed by atoms with van der Waals surface area (Å²) in [5.41, 5.74) is 10.7. The van der Waals surface area contributed by atoms with Gasteiger partial charge >= 0.3 is 13.1 Å². The van der Waals surface area contributed by atoms with E-state index in [1.807, 2.05) is 0 Å². The van der Waals surface area contributed by atoms with E-state index in [1.165, 1.54) is 0 Å². The number of carboxylic acids is 1. The summed E-state index contributed by atoms with van der Waals surface area (Å²) in [5.74, 6) is -1.39. The van der Waals surface area contributed by atoms with E-state index in [0.29, 0.717) is 12.8 Å². The summed E-state index contributed by atoms with van der Waals surface area (Å²) in [4.78, 5) is 10.5. The van der Waals surface area contributed by atoms with Gasteiger partial charge in [-0.25, -0.2) is 0 Å². The highest BCUT2D eigenvalue weighted by Crippen LogP contribution is 2.11. The van der Waals surface area contributed by atoms with Crippen molar-refractivity contribution in [3.05, 3.63) is 0 Å². The molecular formula is C7H17BN2O4. The van der Waals surface area contributed by atoms with Crippen LogP contribution in [-0.4, -0.2) is 40.8 Å². The maximum absolute atomic E-state index is 10.5. The van der Waals surface area contributed by atoms with Crippen LogP contribution >= 0.6 is 0 Å². The molecule has 14 heavy (non-hydrogen) atoms. The highest BCUT2D eigenvalue weighted by Gasteiger charge is 2.22. The minimum Gasteiger partial charge on any atom is -0.480 e. The fourth-order valence-corrected chi connectivity index (χ4v) is 1.21. The van der Waals surface area contributed by atoms with Crippen molar-refractivity contribution in [3.63, 3.8) is 0 Å². The van der Waals surface area contributed by atoms with Crippen molar-refractivity contribution in [2.24, 2.45) is 17.4 Å². The Bertz CT molecular complexity index is 179. The quantitative estimate of drug-likeness (QED) is 0.312. The van der Waals surface area contributed by atoms with Crippen LogP contribution in [0.5, 0.6) is 0 Å². The lowest BCUT2D eigenvalue weighted by atomic mass is 9.81. The largest absolute Gasteiger partial charge is 0.480 e. The molecular weight excluding hydrogens is 187 g/mol. The lowest BCUT2D eigenvalue weighted by Crippen LogP contribution is -2.41. The van der Waals surface area contributed by atoms with Gasteiger partial charge in [-0.3, -0.25) is 4.79 Å². The molecule has 0 fully saturated rings. The number of carbonyl (C=O) groups is 1. The first-order chi connectivity index (χ1) is 6.49. The van der Waals surface area contributed by atoms with E-state index in [2.05, 4.69) is 0 Å². The number of aliphatic carboxylic acids is 1. The van der Waals surface area contributed by atoms with E-state index < -0.39 is 19.1 Å². The van der Waals surface area contributed by atoms with Crippen LogP contribution in [0.3, 0.4) is 0 Å². The molecule has 0 aliphatic rings. The molecule has 7 N–H and O–H groups in total. The van der Waals surface area contributed by atoms with Gasteiger partial charge in [-0.05, 0) is 25.2 Å². The predicted octanol–water partition coefficient (Wildman–Crippen LogP) is -1.77. The van der Waals surface area contributed by atoms with Crippen LogP contribution in [0.1, 0.15) is 12.8 Å². The Labute approximate surface area is 83.0 Å². The fourth-order valence-electron chi connectivity index (χ4n) is 1.21. The molecule has 0 aliphatic heterocycles. The normalized spacial score (nSPS) is 14.9. The standard InChI is InChI=1S/C7H17BN2O4/c9-4-5(6(10)7(11)12)2-1-3-8(13)14/h5-6,13-14H,1-4,9-10H2,(H,11,12)/t5-,6+/m1/s1. The van der Waals surface area contributed by atoms with Crippen molar-refractivity contribution in [3.8, 4) is 0 Å². The monoisotopic (exact) mass is 204 g/mol. The second-order valence-corrected chi connectivity index (χ2v) is 3.27. The SMILES string of the molecule is NC[C@@H](CCCB(O)O)[C@H](N)C(=O)O. The number of nitrogens with two attached hydrogens (primary N) is 2. The van der Waals surface area contributed by atoms with Gasteiger partial charge < -0.3 is 26.6 Å². The van der Waals surface area contributed by atoms with E-state index in [0.717, 1.165) is 0 Å². The third kappa shape index (κ3) is 5.18. The average molecular weight is 204 g/mol. The fraction of sp³-hybridized carbons (Fsp3) is 0.857. The van der Waals surface area contributed by atoms with E-state index in [-0.39, 0.29) is 18.8 Å². The topological polar surface area (TPSA) is 130 Å². The van der Waals surface area contributed by atoms with Gasteiger partial charge in [0.15, 0.2) is 0 Å². The molecule has 82 valence electrons. The molecule has 0 unspecified atom stereocenters. The van der Waals surface area contributed by atoms with Gasteiger partial charge in [0.1, 0.15) is 6.04 Å². The lowest BCUT2D eigenvalue weighted by Gasteiger charge is -2.18. The van der Waals surface area contributed by atoms with Crippen LogP contribution in [0.15, 0.2) is 0 Å². The van der Waals surface area contributed by atoms with Crippen molar-refractivity contribution in [2.75, 3.05) is 6.54 Å². The minimum absolute atomic E-state index is 0.189. The van der Waals surface area contributed by atoms with Crippen LogP contribution in [0.4, 0.5) is 0 Å². The van der Waals surface area contributed by atoms with E-state index in [9.17, 15) is 4.79 Å². The van der Waals surface area contributed by atoms with Crippen LogP contribution in [0.2, 0.25) is 6.32 Å². The number of rotatable bonds is 7. The maximum atomic E-state index is 10.5. The molecule has 0 rings (SSSR count). The Morgan fingerprint density at radius 2 is 2.00 bits per heavy atom. The zero-order valence-corrected chi connectivity index (χ0v) is 7.97. The zero-order chi connectivity index (χ0) is 11.1. The lowest BCUT2D eigenvalue weighted by molar-refractivity contribution is -0.139. The molecule has 0 saturated carbocycles. The first kappa shape index (κ1) is 13.4. The molecule has 0 aromatic rings. The molecule has 0 radical (unpaired) electrons. The molecule has 6 nitrogen and oxygen atoms in total.